The van der Waals surface area contributed by atoms with Crippen LogP contribution in [0.3, 0.4) is 0 Å². The van der Waals surface area contributed by atoms with Crippen molar-refractivity contribution in [2.45, 2.75) is 0 Å². The standard InChI is InChI=1S/C20H17ClNO7P/c21-19-14-8-7-13-18(19)20(22-23)15-25-30(24,28-26-16-9-3-1-4-10-16)29-27-17-11-5-2-6-12-17/h1-14,23H,15H2. The molecule has 156 valence electrons. The van der Waals surface area contributed by atoms with Crippen LogP contribution in [0.5, 0.6) is 11.5 Å². The lowest BCUT2D eigenvalue weighted by molar-refractivity contribution is -0.191. The van der Waals surface area contributed by atoms with Crippen molar-refractivity contribution in [1.82, 2.24) is 0 Å². The third-order valence-corrected chi connectivity index (χ3v) is 4.89. The van der Waals surface area contributed by atoms with E-state index in [0.29, 0.717) is 10.6 Å². The van der Waals surface area contributed by atoms with Gasteiger partial charge in [0.05, 0.1) is 0 Å². The Labute approximate surface area is 177 Å². The van der Waals surface area contributed by atoms with Gasteiger partial charge in [-0.3, -0.25) is 4.52 Å². The van der Waals surface area contributed by atoms with Gasteiger partial charge >= 0.3 is 7.82 Å². The number of hydrogen-bond donors (Lipinski definition) is 1. The first-order valence-electron chi connectivity index (χ1n) is 8.63. The van der Waals surface area contributed by atoms with E-state index >= 15 is 0 Å². The Morgan fingerprint density at radius 3 is 1.83 bits per heavy atom. The first-order valence-corrected chi connectivity index (χ1v) is 10.5. The van der Waals surface area contributed by atoms with Crippen LogP contribution in [-0.2, 0) is 18.4 Å². The first kappa shape index (κ1) is 21.8. The van der Waals surface area contributed by atoms with Gasteiger partial charge < -0.3 is 15.0 Å². The number of halogens is 1. The van der Waals surface area contributed by atoms with Gasteiger partial charge in [0.15, 0.2) is 11.5 Å². The number of benzene rings is 3. The molecule has 0 fully saturated rings. The molecular weight excluding hydrogens is 433 g/mol. The highest BCUT2D eigenvalue weighted by atomic mass is 35.5. The van der Waals surface area contributed by atoms with E-state index in [2.05, 4.69) is 5.16 Å². The predicted molar refractivity (Wildman–Crippen MR) is 110 cm³/mol. The number of phosphoric acid groups is 1. The van der Waals surface area contributed by atoms with E-state index in [1.165, 1.54) is 0 Å². The SMILES string of the molecule is O=P(OCC(=NO)c1ccccc1Cl)(OOc1ccccc1)OOc1ccccc1. The fraction of sp³-hybridized carbons (Fsp3) is 0.0500. The van der Waals surface area contributed by atoms with E-state index in [1.807, 2.05) is 0 Å². The maximum Gasteiger partial charge on any atom is 0.547 e. The van der Waals surface area contributed by atoms with E-state index in [4.69, 9.17) is 35.2 Å². The van der Waals surface area contributed by atoms with Gasteiger partial charge in [-0.25, -0.2) is 4.57 Å². The topological polar surface area (TPSA) is 95.8 Å². The van der Waals surface area contributed by atoms with Crippen molar-refractivity contribution < 1.29 is 33.4 Å². The molecule has 0 aliphatic carbocycles. The van der Waals surface area contributed by atoms with Gasteiger partial charge in [-0.05, 0) is 30.3 Å². The third kappa shape index (κ3) is 6.32. The average Bonchev–Trinajstić information content (AvgIpc) is 2.79. The number of hydrogen-bond acceptors (Lipinski definition) is 8. The van der Waals surface area contributed by atoms with Crippen molar-refractivity contribution >= 4 is 25.1 Å². The Hall–Kier alpha value is -2.87. The fourth-order valence-corrected chi connectivity index (χ4v) is 3.17. The van der Waals surface area contributed by atoms with Crippen LogP contribution in [0.15, 0.2) is 90.1 Å². The van der Waals surface area contributed by atoms with E-state index < -0.39 is 14.4 Å². The number of oxime groups is 1. The van der Waals surface area contributed by atoms with E-state index in [-0.39, 0.29) is 17.2 Å². The van der Waals surface area contributed by atoms with Crippen LogP contribution in [0.1, 0.15) is 5.56 Å². The summed E-state index contributed by atoms with van der Waals surface area (Å²) in [5.74, 6) is 0.513. The van der Waals surface area contributed by atoms with Crippen LogP contribution in [0.2, 0.25) is 5.02 Å². The Morgan fingerprint density at radius 1 is 0.833 bits per heavy atom. The molecule has 30 heavy (non-hydrogen) atoms. The largest absolute Gasteiger partial charge is 0.547 e. The van der Waals surface area contributed by atoms with Crippen molar-refractivity contribution in [3.05, 3.63) is 95.5 Å². The first-order chi connectivity index (χ1) is 14.6. The molecule has 1 N–H and O–H groups in total. The van der Waals surface area contributed by atoms with Gasteiger partial charge in [0.25, 0.3) is 0 Å². The van der Waals surface area contributed by atoms with Crippen LogP contribution < -0.4 is 9.78 Å². The number of nitrogens with zero attached hydrogens (tertiary/aromatic N) is 1. The zero-order chi connectivity index (χ0) is 21.2. The molecule has 0 aromatic heterocycles. The summed E-state index contributed by atoms with van der Waals surface area (Å²) in [4.78, 5) is 10.1. The summed E-state index contributed by atoms with van der Waals surface area (Å²) in [6, 6.07) is 23.2. The minimum absolute atomic E-state index is 0.00699. The molecule has 0 saturated carbocycles. The van der Waals surface area contributed by atoms with Gasteiger partial charge in [-0.1, -0.05) is 80.7 Å². The molecule has 8 nitrogen and oxygen atoms in total. The van der Waals surface area contributed by atoms with Gasteiger partial charge in [-0.15, -0.1) is 0 Å². The smallest absolute Gasteiger partial charge is 0.411 e. The third-order valence-electron chi connectivity index (χ3n) is 3.60. The Morgan fingerprint density at radius 2 is 1.33 bits per heavy atom. The predicted octanol–water partition coefficient (Wildman–Crippen LogP) is 5.66. The van der Waals surface area contributed by atoms with Crippen molar-refractivity contribution in [2.75, 3.05) is 6.61 Å². The number of rotatable bonds is 10. The molecule has 0 heterocycles. The summed E-state index contributed by atoms with van der Waals surface area (Å²) in [5.41, 5.74) is 0.369. The fourth-order valence-electron chi connectivity index (χ4n) is 2.18. The lowest BCUT2D eigenvalue weighted by Crippen LogP contribution is -2.13. The van der Waals surface area contributed by atoms with Crippen LogP contribution in [0.4, 0.5) is 0 Å². The molecule has 0 aliphatic rings. The zero-order valence-corrected chi connectivity index (χ0v) is 17.1. The Bertz CT molecular complexity index is 970. The molecule has 3 aromatic carbocycles. The maximum absolute atomic E-state index is 13.0. The minimum Gasteiger partial charge on any atom is -0.411 e. The molecule has 0 amide bonds. The average molecular weight is 450 g/mol. The van der Waals surface area contributed by atoms with Crippen molar-refractivity contribution in [1.29, 1.82) is 0 Å². The van der Waals surface area contributed by atoms with E-state index in [0.717, 1.165) is 0 Å². The molecular formula is C20H17ClNO7P. The monoisotopic (exact) mass is 449 g/mol. The molecule has 3 rings (SSSR count). The van der Waals surface area contributed by atoms with E-state index in [1.54, 1.807) is 84.9 Å². The maximum atomic E-state index is 13.0. The molecule has 0 spiro atoms. The summed E-state index contributed by atoms with van der Waals surface area (Å²) in [5, 5.41) is 12.8. The molecule has 3 aromatic rings. The molecule has 0 aliphatic heterocycles. The summed E-state index contributed by atoms with van der Waals surface area (Å²) >= 11 is 6.10. The van der Waals surface area contributed by atoms with Gasteiger partial charge in [-0.2, -0.15) is 0 Å². The van der Waals surface area contributed by atoms with Gasteiger partial charge in [0, 0.05) is 10.6 Å². The van der Waals surface area contributed by atoms with Crippen molar-refractivity contribution in [3.8, 4) is 11.5 Å². The minimum atomic E-state index is -4.43. The summed E-state index contributed by atoms with van der Waals surface area (Å²) in [6.45, 7) is -0.478. The van der Waals surface area contributed by atoms with Crippen LogP contribution in [-0.4, -0.2) is 17.5 Å². The zero-order valence-electron chi connectivity index (χ0n) is 15.5. The van der Waals surface area contributed by atoms with E-state index in [9.17, 15) is 9.77 Å². The molecule has 0 bridgehead atoms. The molecule has 10 heteroatoms. The summed E-state index contributed by atoms with van der Waals surface area (Å²) in [7, 11) is -4.43. The second-order valence-corrected chi connectivity index (χ2v) is 7.55. The summed E-state index contributed by atoms with van der Waals surface area (Å²) < 4.78 is 28.1. The molecule has 0 unspecified atom stereocenters. The molecule has 0 radical (unpaired) electrons. The van der Waals surface area contributed by atoms with Crippen LogP contribution >= 0.6 is 19.4 Å². The highest BCUT2D eigenvalue weighted by Crippen LogP contribution is 2.50. The lowest BCUT2D eigenvalue weighted by Gasteiger charge is -2.16. The second-order valence-electron chi connectivity index (χ2n) is 5.69. The van der Waals surface area contributed by atoms with Crippen LogP contribution in [0, 0.1) is 0 Å². The van der Waals surface area contributed by atoms with Gasteiger partial charge in [0.2, 0.25) is 0 Å². The Balaban J connectivity index is 1.72. The Kier molecular flexibility index (Phi) is 7.84. The highest BCUT2D eigenvalue weighted by Gasteiger charge is 2.33. The molecule has 0 atom stereocenters. The van der Waals surface area contributed by atoms with Crippen molar-refractivity contribution in [3.63, 3.8) is 0 Å². The number of para-hydroxylation sites is 2. The highest BCUT2D eigenvalue weighted by molar-refractivity contribution is 7.48. The quantitative estimate of drug-likeness (QED) is 0.140. The lowest BCUT2D eigenvalue weighted by atomic mass is 10.1. The summed E-state index contributed by atoms with van der Waals surface area (Å²) in [6.07, 6.45) is 0. The molecule has 0 saturated heterocycles. The van der Waals surface area contributed by atoms with Gasteiger partial charge in [0.1, 0.15) is 12.3 Å². The second kappa shape index (κ2) is 10.8. The van der Waals surface area contributed by atoms with Crippen LogP contribution in [0.25, 0.3) is 0 Å². The van der Waals surface area contributed by atoms with Crippen molar-refractivity contribution in [2.24, 2.45) is 5.16 Å². The normalized spacial score (nSPS) is 11.8.